The maximum absolute atomic E-state index is 13.2. The van der Waals surface area contributed by atoms with Gasteiger partial charge in [0.25, 0.3) is 5.91 Å². The van der Waals surface area contributed by atoms with E-state index in [2.05, 4.69) is 22.8 Å². The van der Waals surface area contributed by atoms with E-state index in [9.17, 15) is 14.4 Å². The number of halogens is 1. The molecule has 37 heavy (non-hydrogen) atoms. The van der Waals surface area contributed by atoms with Crippen LogP contribution in [0.25, 0.3) is 11.1 Å². The largest absolute Gasteiger partial charge is 0.419 e. The minimum absolute atomic E-state index is 0. The monoisotopic (exact) mass is 530 g/mol. The van der Waals surface area contributed by atoms with Crippen molar-refractivity contribution in [1.29, 1.82) is 0 Å². The SMILES string of the molecule is CCNCCN(CC(=O)N(C)N1Cc2ccccc2C1)C(=O)CNc1cc2c(cc1C)oc(=O)n2C.Cl. The summed E-state index contributed by atoms with van der Waals surface area (Å²) in [6, 6.07) is 11.7. The Morgan fingerprint density at radius 1 is 1.11 bits per heavy atom. The van der Waals surface area contributed by atoms with Gasteiger partial charge >= 0.3 is 5.76 Å². The summed E-state index contributed by atoms with van der Waals surface area (Å²) in [5.74, 6) is -0.755. The van der Waals surface area contributed by atoms with Crippen molar-refractivity contribution in [2.24, 2.45) is 7.05 Å². The number of nitrogens with one attached hydrogen (secondary N) is 2. The number of hydrogen-bond acceptors (Lipinski definition) is 7. The van der Waals surface area contributed by atoms with Crippen LogP contribution in [0.4, 0.5) is 5.69 Å². The Morgan fingerprint density at radius 3 is 2.43 bits per heavy atom. The minimum atomic E-state index is -0.434. The van der Waals surface area contributed by atoms with Crippen molar-refractivity contribution in [3.63, 3.8) is 0 Å². The smallest absolute Gasteiger partial charge is 0.408 e. The van der Waals surface area contributed by atoms with Gasteiger partial charge in [-0.3, -0.25) is 19.2 Å². The average Bonchev–Trinajstić information content (AvgIpc) is 3.41. The van der Waals surface area contributed by atoms with Gasteiger partial charge in [0.05, 0.1) is 12.1 Å². The van der Waals surface area contributed by atoms with Crippen molar-refractivity contribution >= 4 is 41.0 Å². The summed E-state index contributed by atoms with van der Waals surface area (Å²) >= 11 is 0. The van der Waals surface area contributed by atoms with Crippen LogP contribution in [-0.4, -0.2) is 71.1 Å². The number of amides is 2. The molecule has 0 unspecified atom stereocenters. The number of aromatic nitrogens is 1. The standard InChI is InChI=1S/C26H34N6O4.ClH/c1-5-27-10-11-31(17-25(34)30(4)32-15-19-8-6-7-9-20(19)16-32)24(33)14-28-21-13-22-23(12-18(21)2)36-26(35)29(22)3;/h6-9,12-13,27-28H,5,10-11,14-17H2,1-4H3;1H. The number of likely N-dealkylation sites (N-methyl/N-ethyl adjacent to an activating group) is 2. The lowest BCUT2D eigenvalue weighted by molar-refractivity contribution is -0.151. The Balaban J connectivity index is 0.00000380. The van der Waals surface area contributed by atoms with E-state index in [1.807, 2.05) is 31.0 Å². The fourth-order valence-electron chi connectivity index (χ4n) is 4.38. The zero-order valence-electron chi connectivity index (χ0n) is 21.7. The molecule has 2 aromatic carbocycles. The first-order chi connectivity index (χ1) is 17.3. The van der Waals surface area contributed by atoms with Crippen LogP contribution in [0.3, 0.4) is 0 Å². The van der Waals surface area contributed by atoms with Crippen LogP contribution < -0.4 is 16.4 Å². The van der Waals surface area contributed by atoms with Crippen LogP contribution in [0.2, 0.25) is 0 Å². The van der Waals surface area contributed by atoms with Crippen molar-refractivity contribution in [1.82, 2.24) is 24.8 Å². The van der Waals surface area contributed by atoms with Gasteiger partial charge in [0.2, 0.25) is 5.91 Å². The first-order valence-electron chi connectivity index (χ1n) is 12.2. The highest BCUT2D eigenvalue weighted by molar-refractivity contribution is 5.88. The highest BCUT2D eigenvalue weighted by atomic mass is 35.5. The highest BCUT2D eigenvalue weighted by Gasteiger charge is 2.27. The quantitative estimate of drug-likeness (QED) is 0.387. The zero-order valence-corrected chi connectivity index (χ0v) is 22.6. The number of hydrogen-bond donors (Lipinski definition) is 2. The topological polar surface area (TPSA) is 103 Å². The van der Waals surface area contributed by atoms with Crippen molar-refractivity contribution < 1.29 is 14.0 Å². The molecular weight excluding hydrogens is 496 g/mol. The molecule has 0 saturated carbocycles. The Morgan fingerprint density at radius 2 is 1.78 bits per heavy atom. The molecule has 2 heterocycles. The third kappa shape index (κ3) is 6.33. The number of oxazole rings is 1. The number of carbonyl (C=O) groups is 2. The molecule has 4 rings (SSSR count). The highest BCUT2D eigenvalue weighted by Crippen LogP contribution is 2.24. The van der Waals surface area contributed by atoms with E-state index >= 15 is 0 Å². The number of rotatable bonds is 10. The van der Waals surface area contributed by atoms with E-state index in [1.54, 1.807) is 36.1 Å². The van der Waals surface area contributed by atoms with Gasteiger partial charge in [0.15, 0.2) is 5.58 Å². The van der Waals surface area contributed by atoms with Crippen molar-refractivity contribution in [3.8, 4) is 0 Å². The molecule has 0 saturated heterocycles. The molecule has 2 amide bonds. The number of benzene rings is 2. The Hall–Kier alpha value is -3.34. The maximum Gasteiger partial charge on any atom is 0.419 e. The Labute approximate surface area is 222 Å². The molecule has 0 aliphatic carbocycles. The molecule has 1 aromatic heterocycles. The number of fused-ring (bicyclic) bond motifs is 2. The summed E-state index contributed by atoms with van der Waals surface area (Å²) in [4.78, 5) is 39.8. The van der Waals surface area contributed by atoms with Gasteiger partial charge in [-0.05, 0) is 42.3 Å². The number of aryl methyl sites for hydroxylation is 2. The lowest BCUT2D eigenvalue weighted by Gasteiger charge is -2.31. The van der Waals surface area contributed by atoms with E-state index in [0.29, 0.717) is 37.3 Å². The molecule has 1 aliphatic rings. The number of anilines is 1. The molecule has 0 bridgehead atoms. The lowest BCUT2D eigenvalue weighted by atomic mass is 10.1. The number of hydrazine groups is 1. The van der Waals surface area contributed by atoms with E-state index in [4.69, 9.17) is 4.42 Å². The van der Waals surface area contributed by atoms with Crippen LogP contribution in [-0.2, 0) is 29.7 Å². The predicted octanol–water partition coefficient (Wildman–Crippen LogP) is 2.10. The second-order valence-corrected chi connectivity index (χ2v) is 9.09. The van der Waals surface area contributed by atoms with Gasteiger partial charge in [-0.15, -0.1) is 12.4 Å². The van der Waals surface area contributed by atoms with Crippen molar-refractivity contribution in [2.75, 3.05) is 45.1 Å². The fourth-order valence-corrected chi connectivity index (χ4v) is 4.38. The van der Waals surface area contributed by atoms with E-state index in [1.165, 1.54) is 15.7 Å². The first-order valence-corrected chi connectivity index (χ1v) is 12.2. The Kier molecular flexibility index (Phi) is 9.36. The van der Waals surface area contributed by atoms with E-state index < -0.39 is 5.76 Å². The minimum Gasteiger partial charge on any atom is -0.408 e. The Bertz CT molecular complexity index is 1300. The van der Waals surface area contributed by atoms with Crippen LogP contribution in [0.1, 0.15) is 23.6 Å². The third-order valence-electron chi connectivity index (χ3n) is 6.67. The second kappa shape index (κ2) is 12.3. The molecule has 11 heteroatoms. The number of carbonyl (C=O) groups excluding carboxylic acids is 2. The molecular formula is C26H35ClN6O4. The molecule has 200 valence electrons. The van der Waals surface area contributed by atoms with Crippen molar-refractivity contribution in [3.05, 3.63) is 63.6 Å². The summed E-state index contributed by atoms with van der Waals surface area (Å²) < 4.78 is 6.66. The fraction of sp³-hybridized carbons (Fsp3) is 0.423. The van der Waals surface area contributed by atoms with Gasteiger partial charge in [-0.2, -0.15) is 0 Å². The molecule has 3 aromatic rings. The molecule has 2 N–H and O–H groups in total. The zero-order chi connectivity index (χ0) is 25.8. The predicted molar refractivity (Wildman–Crippen MR) is 146 cm³/mol. The maximum atomic E-state index is 13.2. The van der Waals surface area contributed by atoms with E-state index in [-0.39, 0.29) is 37.3 Å². The molecule has 0 fully saturated rings. The van der Waals surface area contributed by atoms with Crippen molar-refractivity contribution in [2.45, 2.75) is 26.9 Å². The van der Waals surface area contributed by atoms with Gasteiger partial charge in [-0.1, -0.05) is 31.2 Å². The average molecular weight is 531 g/mol. The molecule has 10 nitrogen and oxygen atoms in total. The molecule has 1 aliphatic heterocycles. The van der Waals surface area contributed by atoms with Gasteiger partial charge < -0.3 is 20.0 Å². The lowest BCUT2D eigenvalue weighted by Crippen LogP contribution is -2.49. The summed E-state index contributed by atoms with van der Waals surface area (Å²) in [6.07, 6.45) is 0. The summed E-state index contributed by atoms with van der Waals surface area (Å²) in [6.45, 7) is 7.03. The second-order valence-electron chi connectivity index (χ2n) is 9.09. The normalized spacial score (nSPS) is 12.8. The summed E-state index contributed by atoms with van der Waals surface area (Å²) in [7, 11) is 3.40. The molecule has 0 atom stereocenters. The van der Waals surface area contributed by atoms with E-state index in [0.717, 1.165) is 17.8 Å². The van der Waals surface area contributed by atoms with Crippen LogP contribution in [0.5, 0.6) is 0 Å². The van der Waals surface area contributed by atoms with Gasteiger partial charge in [-0.25, -0.2) is 9.80 Å². The van der Waals surface area contributed by atoms with Crippen LogP contribution in [0.15, 0.2) is 45.6 Å². The summed E-state index contributed by atoms with van der Waals surface area (Å²) in [5.41, 5.74) is 5.16. The molecule has 0 spiro atoms. The first kappa shape index (κ1) is 28.2. The third-order valence-corrected chi connectivity index (χ3v) is 6.67. The number of nitrogens with zero attached hydrogens (tertiary/aromatic N) is 4. The van der Waals surface area contributed by atoms with Gasteiger partial charge in [0.1, 0.15) is 6.54 Å². The van der Waals surface area contributed by atoms with Gasteiger partial charge in [0, 0.05) is 46.0 Å². The molecule has 0 radical (unpaired) electrons. The van der Waals surface area contributed by atoms with Crippen LogP contribution in [0, 0.1) is 6.92 Å². The van der Waals surface area contributed by atoms with Crippen LogP contribution >= 0.6 is 12.4 Å². The summed E-state index contributed by atoms with van der Waals surface area (Å²) in [5, 5.41) is 10.0.